The Morgan fingerprint density at radius 2 is 1.52 bits per heavy atom. The molecule has 5 nitrogen and oxygen atoms in total. The molecule has 0 bridgehead atoms. The molecule has 1 aromatic heterocycles. The Balaban J connectivity index is 1.46. The summed E-state index contributed by atoms with van der Waals surface area (Å²) < 4.78 is 2.09. The van der Waals surface area contributed by atoms with E-state index >= 15 is 0 Å². The van der Waals surface area contributed by atoms with Crippen molar-refractivity contribution < 1.29 is 9.59 Å². The monoisotopic (exact) mass is 413 g/mol. The van der Waals surface area contributed by atoms with Gasteiger partial charge in [0.2, 0.25) is 5.91 Å². The van der Waals surface area contributed by atoms with E-state index in [2.05, 4.69) is 4.57 Å². The lowest BCUT2D eigenvalue weighted by Gasteiger charge is -2.36. The third-order valence-electron chi connectivity index (χ3n) is 6.33. The van der Waals surface area contributed by atoms with Gasteiger partial charge in [0.05, 0.1) is 5.56 Å². The molecule has 1 aliphatic carbocycles. The summed E-state index contributed by atoms with van der Waals surface area (Å²) in [5.74, 6) is 0.539. The molecule has 2 fully saturated rings. The Morgan fingerprint density at radius 1 is 0.931 bits per heavy atom. The third-order valence-corrected chi connectivity index (χ3v) is 6.58. The van der Waals surface area contributed by atoms with Crippen LogP contribution in [-0.2, 0) is 4.79 Å². The molecule has 1 saturated heterocycles. The summed E-state index contributed by atoms with van der Waals surface area (Å²) in [5, 5.41) is 0.692. The molecule has 154 valence electrons. The molecule has 29 heavy (non-hydrogen) atoms. The lowest BCUT2D eigenvalue weighted by Crippen LogP contribution is -2.51. The lowest BCUT2D eigenvalue weighted by atomic mass is 10.1. The molecule has 0 N–H and O–H groups in total. The molecule has 1 aliphatic heterocycles. The average Bonchev–Trinajstić information content (AvgIpc) is 3.36. The second kappa shape index (κ2) is 8.23. The van der Waals surface area contributed by atoms with Crippen LogP contribution < -0.4 is 0 Å². The lowest BCUT2D eigenvalue weighted by molar-refractivity contribution is -0.136. The van der Waals surface area contributed by atoms with Crippen molar-refractivity contribution in [2.24, 2.45) is 5.92 Å². The Kier molecular flexibility index (Phi) is 5.68. The van der Waals surface area contributed by atoms with Gasteiger partial charge in [0.25, 0.3) is 5.91 Å². The minimum Gasteiger partial charge on any atom is -0.339 e. The van der Waals surface area contributed by atoms with Crippen molar-refractivity contribution in [2.45, 2.75) is 39.5 Å². The number of benzene rings is 1. The van der Waals surface area contributed by atoms with Crippen LogP contribution in [0.1, 0.15) is 47.4 Å². The van der Waals surface area contributed by atoms with Crippen LogP contribution in [0.3, 0.4) is 0 Å². The Hall–Kier alpha value is -2.27. The van der Waals surface area contributed by atoms with Crippen LogP contribution in [-0.4, -0.2) is 52.4 Å². The topological polar surface area (TPSA) is 45.6 Å². The van der Waals surface area contributed by atoms with E-state index in [1.165, 1.54) is 0 Å². The largest absolute Gasteiger partial charge is 0.339 e. The standard InChI is InChI=1S/C23H28ClN3O2/c1-16-15-21(17(2)27(16)20-9-7-19(24)8-10-20)23(29)26-13-11-25(12-14-26)22(28)18-5-3-4-6-18/h7-10,15,18H,3-6,11-14H2,1-2H3. The second-order valence-corrected chi connectivity index (χ2v) is 8.63. The van der Waals surface area contributed by atoms with Gasteiger partial charge in [-0.2, -0.15) is 0 Å². The molecule has 1 aromatic carbocycles. The van der Waals surface area contributed by atoms with Gasteiger partial charge in [0.1, 0.15) is 0 Å². The summed E-state index contributed by atoms with van der Waals surface area (Å²) in [6.45, 7) is 6.46. The van der Waals surface area contributed by atoms with Crippen molar-refractivity contribution >= 4 is 23.4 Å². The van der Waals surface area contributed by atoms with Crippen molar-refractivity contribution in [3.63, 3.8) is 0 Å². The van der Waals surface area contributed by atoms with Gasteiger partial charge < -0.3 is 14.4 Å². The summed E-state index contributed by atoms with van der Waals surface area (Å²) in [7, 11) is 0. The minimum atomic E-state index is 0.0475. The number of piperazine rings is 1. The van der Waals surface area contributed by atoms with Crippen LogP contribution in [0.15, 0.2) is 30.3 Å². The van der Waals surface area contributed by atoms with E-state index in [-0.39, 0.29) is 17.7 Å². The van der Waals surface area contributed by atoms with E-state index < -0.39 is 0 Å². The number of hydrogen-bond acceptors (Lipinski definition) is 2. The van der Waals surface area contributed by atoms with Crippen molar-refractivity contribution in [1.29, 1.82) is 0 Å². The zero-order chi connectivity index (χ0) is 20.5. The molecule has 2 amide bonds. The first-order chi connectivity index (χ1) is 14.0. The van der Waals surface area contributed by atoms with Crippen LogP contribution in [0.4, 0.5) is 0 Å². The summed E-state index contributed by atoms with van der Waals surface area (Å²) in [6.07, 6.45) is 4.37. The van der Waals surface area contributed by atoms with E-state index in [4.69, 9.17) is 11.6 Å². The highest BCUT2D eigenvalue weighted by atomic mass is 35.5. The van der Waals surface area contributed by atoms with Gasteiger partial charge in [-0.3, -0.25) is 9.59 Å². The molecule has 2 heterocycles. The molecule has 0 radical (unpaired) electrons. The molecule has 2 aliphatic rings. The molecule has 6 heteroatoms. The summed E-state index contributed by atoms with van der Waals surface area (Å²) in [5.41, 5.74) is 3.67. The number of carbonyl (C=O) groups excluding carboxylic acids is 2. The molecule has 0 unspecified atom stereocenters. The van der Waals surface area contributed by atoms with E-state index in [0.717, 1.165) is 48.3 Å². The van der Waals surface area contributed by atoms with E-state index in [9.17, 15) is 9.59 Å². The number of rotatable bonds is 3. The quantitative estimate of drug-likeness (QED) is 0.756. The maximum atomic E-state index is 13.2. The van der Waals surface area contributed by atoms with Gasteiger partial charge in [0.15, 0.2) is 0 Å². The van der Waals surface area contributed by atoms with Crippen LogP contribution in [0.5, 0.6) is 0 Å². The fourth-order valence-corrected chi connectivity index (χ4v) is 4.82. The van der Waals surface area contributed by atoms with Crippen molar-refractivity contribution in [2.75, 3.05) is 26.2 Å². The average molecular weight is 414 g/mol. The van der Waals surface area contributed by atoms with Crippen LogP contribution in [0, 0.1) is 19.8 Å². The first-order valence-electron chi connectivity index (χ1n) is 10.5. The van der Waals surface area contributed by atoms with Crippen molar-refractivity contribution in [1.82, 2.24) is 14.4 Å². The van der Waals surface area contributed by atoms with Gasteiger partial charge in [0, 0.05) is 54.2 Å². The van der Waals surface area contributed by atoms with E-state index in [1.807, 2.05) is 54.0 Å². The zero-order valence-electron chi connectivity index (χ0n) is 17.2. The Morgan fingerprint density at radius 3 is 2.14 bits per heavy atom. The summed E-state index contributed by atoms with van der Waals surface area (Å²) in [6, 6.07) is 9.60. The maximum Gasteiger partial charge on any atom is 0.255 e. The first kappa shape index (κ1) is 20.0. The maximum absolute atomic E-state index is 13.2. The third kappa shape index (κ3) is 3.93. The first-order valence-corrected chi connectivity index (χ1v) is 10.9. The van der Waals surface area contributed by atoms with Gasteiger partial charge in [-0.1, -0.05) is 24.4 Å². The van der Waals surface area contributed by atoms with Gasteiger partial charge in [-0.05, 0) is 57.0 Å². The van der Waals surface area contributed by atoms with Crippen LogP contribution in [0.2, 0.25) is 5.02 Å². The normalized spacial score (nSPS) is 17.8. The molecule has 1 saturated carbocycles. The number of hydrogen-bond donors (Lipinski definition) is 0. The Bertz CT molecular complexity index is 905. The second-order valence-electron chi connectivity index (χ2n) is 8.20. The molecular formula is C23H28ClN3O2. The summed E-state index contributed by atoms with van der Waals surface area (Å²) >= 11 is 6.01. The number of carbonyl (C=O) groups is 2. The van der Waals surface area contributed by atoms with Gasteiger partial charge in [-0.25, -0.2) is 0 Å². The van der Waals surface area contributed by atoms with Crippen molar-refractivity contribution in [3.8, 4) is 5.69 Å². The Labute approximate surface area is 177 Å². The highest BCUT2D eigenvalue weighted by Gasteiger charge is 2.31. The highest BCUT2D eigenvalue weighted by Crippen LogP contribution is 2.27. The summed E-state index contributed by atoms with van der Waals surface area (Å²) in [4.78, 5) is 29.7. The van der Waals surface area contributed by atoms with Crippen LogP contribution in [0.25, 0.3) is 5.69 Å². The molecular weight excluding hydrogens is 386 g/mol. The predicted molar refractivity (Wildman–Crippen MR) is 115 cm³/mol. The number of halogens is 1. The smallest absolute Gasteiger partial charge is 0.255 e. The van der Waals surface area contributed by atoms with E-state index in [1.54, 1.807) is 0 Å². The van der Waals surface area contributed by atoms with E-state index in [0.29, 0.717) is 31.2 Å². The molecule has 2 aromatic rings. The number of amides is 2. The van der Waals surface area contributed by atoms with Gasteiger partial charge in [-0.15, -0.1) is 0 Å². The fraction of sp³-hybridized carbons (Fsp3) is 0.478. The number of aromatic nitrogens is 1. The molecule has 4 rings (SSSR count). The highest BCUT2D eigenvalue weighted by molar-refractivity contribution is 6.30. The number of aryl methyl sites for hydroxylation is 1. The predicted octanol–water partition coefficient (Wildman–Crippen LogP) is 4.22. The zero-order valence-corrected chi connectivity index (χ0v) is 17.9. The number of nitrogens with zero attached hydrogens (tertiary/aromatic N) is 3. The van der Waals surface area contributed by atoms with Crippen molar-refractivity contribution in [3.05, 3.63) is 52.3 Å². The molecule has 0 atom stereocenters. The van der Waals surface area contributed by atoms with Crippen LogP contribution >= 0.6 is 11.6 Å². The fourth-order valence-electron chi connectivity index (χ4n) is 4.70. The molecule has 0 spiro atoms. The minimum absolute atomic E-state index is 0.0475. The van der Waals surface area contributed by atoms with Gasteiger partial charge >= 0.3 is 0 Å². The SMILES string of the molecule is Cc1cc(C(=O)N2CCN(C(=O)C3CCCC3)CC2)c(C)n1-c1ccc(Cl)cc1.